The lowest BCUT2D eigenvalue weighted by molar-refractivity contribution is -0.121. The second-order valence-electron chi connectivity index (χ2n) is 7.27. The molecule has 150 valence electrons. The summed E-state index contributed by atoms with van der Waals surface area (Å²) in [6.45, 7) is 5.65. The fourth-order valence-electron chi connectivity index (χ4n) is 3.77. The molecule has 0 aliphatic carbocycles. The molecule has 1 fully saturated rings. The molecule has 0 saturated carbocycles. The summed E-state index contributed by atoms with van der Waals surface area (Å²) in [5.41, 5.74) is 1.82. The molecule has 28 heavy (non-hydrogen) atoms. The van der Waals surface area contributed by atoms with Crippen molar-refractivity contribution in [1.29, 1.82) is 0 Å². The van der Waals surface area contributed by atoms with Gasteiger partial charge in [-0.25, -0.2) is 0 Å². The van der Waals surface area contributed by atoms with E-state index >= 15 is 0 Å². The Morgan fingerprint density at radius 3 is 2.75 bits per heavy atom. The lowest BCUT2D eigenvalue weighted by atomic mass is 10.0. The number of nitrogens with one attached hydrogen (secondary N) is 1. The molecule has 3 rings (SSSR count). The number of benzene rings is 1. The van der Waals surface area contributed by atoms with E-state index in [-0.39, 0.29) is 30.6 Å². The van der Waals surface area contributed by atoms with E-state index in [1.807, 2.05) is 44.2 Å². The zero-order valence-corrected chi connectivity index (χ0v) is 17.6. The Hall–Kier alpha value is -2.34. The number of Topliss-reactive ketones (excluding diaryl/α,β-unsaturated/α-hetero) is 1. The largest absolute Gasteiger partial charge is 0.495 e. The molecule has 0 radical (unpaired) electrons. The molecule has 0 bridgehead atoms. The first-order valence-electron chi connectivity index (χ1n) is 9.75. The van der Waals surface area contributed by atoms with Crippen LogP contribution in [0.4, 0.5) is 5.69 Å². The number of rotatable bonds is 7. The third kappa shape index (κ3) is 4.93. The van der Waals surface area contributed by atoms with Gasteiger partial charge in [0.2, 0.25) is 5.91 Å². The van der Waals surface area contributed by atoms with E-state index in [1.165, 1.54) is 0 Å². The highest BCUT2D eigenvalue weighted by atomic mass is 32.1. The number of piperidine rings is 1. The molecule has 1 saturated heterocycles. The maximum atomic E-state index is 12.4. The Balaban J connectivity index is 1.52. The van der Waals surface area contributed by atoms with Gasteiger partial charge in [-0.3, -0.25) is 9.59 Å². The third-order valence-corrected chi connectivity index (χ3v) is 6.10. The number of carbonyl (C=O) groups excluding carboxylic acids is 2. The van der Waals surface area contributed by atoms with E-state index < -0.39 is 0 Å². The first kappa shape index (κ1) is 20.4. The number of hydrogen-bond acceptors (Lipinski definition) is 5. The van der Waals surface area contributed by atoms with Gasteiger partial charge < -0.3 is 15.0 Å². The molecule has 0 spiro atoms. The van der Waals surface area contributed by atoms with Crippen LogP contribution in [0.3, 0.4) is 0 Å². The summed E-state index contributed by atoms with van der Waals surface area (Å²) >= 11 is 1.62. The van der Waals surface area contributed by atoms with Crippen molar-refractivity contribution in [2.24, 2.45) is 0 Å². The van der Waals surface area contributed by atoms with Crippen molar-refractivity contribution < 1.29 is 14.3 Å². The number of hydrogen-bond donors (Lipinski definition) is 1. The number of nitrogens with zero attached hydrogens (tertiary/aromatic N) is 1. The minimum Gasteiger partial charge on any atom is -0.495 e. The van der Waals surface area contributed by atoms with Gasteiger partial charge in [-0.05, 0) is 44.9 Å². The van der Waals surface area contributed by atoms with Crippen molar-refractivity contribution in [2.45, 2.75) is 45.6 Å². The van der Waals surface area contributed by atoms with Crippen LogP contribution in [-0.4, -0.2) is 37.9 Å². The first-order chi connectivity index (χ1) is 13.5. The van der Waals surface area contributed by atoms with Gasteiger partial charge in [0.25, 0.3) is 0 Å². The number of para-hydroxylation sites is 2. The standard InChI is InChI=1S/C22H28N2O3S/c1-15-13-18(16(2)28-15)20(25)10-11-22(26)23-17-7-6-12-24(14-17)19-8-4-5-9-21(19)27-3/h4-5,8-9,13,17H,6-7,10-12,14H2,1-3H3,(H,23,26). The van der Waals surface area contributed by atoms with Gasteiger partial charge in [-0.15, -0.1) is 11.3 Å². The Kier molecular flexibility index (Phi) is 6.73. The molecule has 1 unspecified atom stereocenters. The predicted molar refractivity (Wildman–Crippen MR) is 114 cm³/mol. The molecule has 6 heteroatoms. The van der Waals surface area contributed by atoms with Crippen molar-refractivity contribution in [3.63, 3.8) is 0 Å². The Labute approximate surface area is 170 Å². The van der Waals surface area contributed by atoms with Crippen LogP contribution in [0.25, 0.3) is 0 Å². The molecule has 1 aromatic carbocycles. The van der Waals surface area contributed by atoms with Gasteiger partial charge in [-0.2, -0.15) is 0 Å². The van der Waals surface area contributed by atoms with E-state index in [2.05, 4.69) is 10.2 Å². The summed E-state index contributed by atoms with van der Waals surface area (Å²) in [5, 5.41) is 3.11. The molecule has 1 atom stereocenters. The normalized spacial score (nSPS) is 16.7. The fraction of sp³-hybridized carbons (Fsp3) is 0.455. The molecule has 5 nitrogen and oxygen atoms in total. The SMILES string of the molecule is COc1ccccc1N1CCCC(NC(=O)CCC(=O)c2cc(C)sc2C)C1. The lowest BCUT2D eigenvalue weighted by Gasteiger charge is -2.35. The van der Waals surface area contributed by atoms with E-state index in [0.29, 0.717) is 0 Å². The number of anilines is 1. The van der Waals surface area contributed by atoms with Crippen molar-refractivity contribution in [3.05, 3.63) is 45.6 Å². The van der Waals surface area contributed by atoms with E-state index in [9.17, 15) is 9.59 Å². The molecular formula is C22H28N2O3S. The fourth-order valence-corrected chi connectivity index (χ4v) is 4.72. The van der Waals surface area contributed by atoms with E-state index in [4.69, 9.17) is 4.74 Å². The lowest BCUT2D eigenvalue weighted by Crippen LogP contribution is -2.48. The average molecular weight is 401 g/mol. The van der Waals surface area contributed by atoms with Gasteiger partial charge in [-0.1, -0.05) is 12.1 Å². The Morgan fingerprint density at radius 1 is 1.25 bits per heavy atom. The number of amides is 1. The summed E-state index contributed by atoms with van der Waals surface area (Å²) in [6.07, 6.45) is 2.45. The molecule has 2 heterocycles. The third-order valence-electron chi connectivity index (χ3n) is 5.13. The zero-order chi connectivity index (χ0) is 20.1. The molecule has 1 N–H and O–H groups in total. The highest BCUT2D eigenvalue weighted by Gasteiger charge is 2.23. The minimum absolute atomic E-state index is 0.0511. The van der Waals surface area contributed by atoms with E-state index in [0.717, 1.165) is 52.7 Å². The summed E-state index contributed by atoms with van der Waals surface area (Å²) in [6, 6.07) is 9.97. The van der Waals surface area contributed by atoms with Crippen molar-refractivity contribution in [2.75, 3.05) is 25.1 Å². The Morgan fingerprint density at radius 2 is 2.04 bits per heavy atom. The highest BCUT2D eigenvalue weighted by Crippen LogP contribution is 2.30. The molecule has 1 aromatic heterocycles. The van der Waals surface area contributed by atoms with Crippen molar-refractivity contribution in [3.8, 4) is 5.75 Å². The summed E-state index contributed by atoms with van der Waals surface area (Å²) in [5.74, 6) is 0.850. The van der Waals surface area contributed by atoms with Gasteiger partial charge in [0.05, 0.1) is 12.8 Å². The number of ether oxygens (including phenoxy) is 1. The molecule has 1 aliphatic rings. The van der Waals surface area contributed by atoms with E-state index in [1.54, 1.807) is 18.4 Å². The summed E-state index contributed by atoms with van der Waals surface area (Å²) < 4.78 is 5.47. The number of thiophene rings is 1. The quantitative estimate of drug-likeness (QED) is 0.710. The van der Waals surface area contributed by atoms with Crippen LogP contribution in [0.15, 0.2) is 30.3 Å². The van der Waals surface area contributed by atoms with Crippen LogP contribution in [0.2, 0.25) is 0 Å². The van der Waals surface area contributed by atoms with Gasteiger partial charge in [0, 0.05) is 47.3 Å². The van der Waals surface area contributed by atoms with Crippen LogP contribution in [0, 0.1) is 13.8 Å². The van der Waals surface area contributed by atoms with Crippen molar-refractivity contribution >= 4 is 28.7 Å². The predicted octanol–water partition coefficient (Wildman–Crippen LogP) is 4.12. The number of aryl methyl sites for hydroxylation is 2. The Bertz CT molecular complexity index is 846. The van der Waals surface area contributed by atoms with Crippen LogP contribution >= 0.6 is 11.3 Å². The number of ketones is 1. The minimum atomic E-state index is -0.0511. The molecular weight excluding hydrogens is 372 g/mol. The molecule has 2 aromatic rings. The average Bonchev–Trinajstić information content (AvgIpc) is 3.04. The molecule has 1 amide bonds. The number of carbonyl (C=O) groups is 2. The molecule has 1 aliphatic heterocycles. The highest BCUT2D eigenvalue weighted by molar-refractivity contribution is 7.12. The first-order valence-corrected chi connectivity index (χ1v) is 10.6. The van der Waals surface area contributed by atoms with Gasteiger partial charge in [0.15, 0.2) is 5.78 Å². The topological polar surface area (TPSA) is 58.6 Å². The van der Waals surface area contributed by atoms with Crippen LogP contribution < -0.4 is 15.0 Å². The maximum absolute atomic E-state index is 12.4. The van der Waals surface area contributed by atoms with Crippen LogP contribution in [0.5, 0.6) is 5.75 Å². The van der Waals surface area contributed by atoms with Crippen LogP contribution in [-0.2, 0) is 4.79 Å². The zero-order valence-electron chi connectivity index (χ0n) is 16.8. The van der Waals surface area contributed by atoms with Gasteiger partial charge in [0.1, 0.15) is 5.75 Å². The van der Waals surface area contributed by atoms with Crippen LogP contribution in [0.1, 0.15) is 45.8 Å². The summed E-state index contributed by atoms with van der Waals surface area (Å²) in [4.78, 5) is 29.2. The van der Waals surface area contributed by atoms with Crippen molar-refractivity contribution in [1.82, 2.24) is 5.32 Å². The second kappa shape index (κ2) is 9.24. The maximum Gasteiger partial charge on any atom is 0.220 e. The second-order valence-corrected chi connectivity index (χ2v) is 8.74. The van der Waals surface area contributed by atoms with Gasteiger partial charge >= 0.3 is 0 Å². The summed E-state index contributed by atoms with van der Waals surface area (Å²) in [7, 11) is 1.68. The monoisotopic (exact) mass is 400 g/mol. The number of methoxy groups -OCH3 is 1. The smallest absolute Gasteiger partial charge is 0.220 e.